The number of amides is 1. The van der Waals surface area contributed by atoms with Crippen molar-refractivity contribution in [3.8, 4) is 0 Å². The Morgan fingerprint density at radius 2 is 2.00 bits per heavy atom. The summed E-state index contributed by atoms with van der Waals surface area (Å²) in [6.07, 6.45) is -0.894. The van der Waals surface area contributed by atoms with Crippen LogP contribution in [-0.2, 0) is 14.2 Å². The predicted octanol–water partition coefficient (Wildman–Crippen LogP) is -8.09. The molecule has 0 aliphatic carbocycles. The Labute approximate surface area is 143 Å². The van der Waals surface area contributed by atoms with Gasteiger partial charge in [-0.15, -0.1) is 0 Å². The fourth-order valence-corrected chi connectivity index (χ4v) is 1.50. The third-order valence-corrected chi connectivity index (χ3v) is 2.48. The first-order chi connectivity index (χ1) is 7.43. The van der Waals surface area contributed by atoms with Crippen molar-refractivity contribution >= 4 is 19.2 Å². The van der Waals surface area contributed by atoms with E-state index in [4.69, 9.17) is 4.11 Å². The molecule has 2 atom stereocenters. The first-order valence-electron chi connectivity index (χ1n) is 5.23. The van der Waals surface area contributed by atoms with Gasteiger partial charge in [0.25, 0.3) is 0 Å². The molecule has 0 bridgehead atoms. The van der Waals surface area contributed by atoms with Gasteiger partial charge in [0.05, 0.1) is 12.0 Å². The van der Waals surface area contributed by atoms with E-state index in [2.05, 4.69) is 0 Å². The average molecular weight is 270 g/mol. The summed E-state index contributed by atoms with van der Waals surface area (Å²) in [6, 6.07) is -1.63. The zero-order chi connectivity index (χ0) is 13.9. The minimum absolute atomic E-state index is 0. The van der Waals surface area contributed by atoms with Crippen LogP contribution in [-0.4, -0.2) is 30.7 Å². The number of carbonyl (C=O) groups is 2. The maximum Gasteiger partial charge on any atom is 1.00 e. The Bertz CT molecular complexity index is 359. The van der Waals surface area contributed by atoms with Crippen molar-refractivity contribution in [1.82, 2.24) is 5.32 Å². The SMILES string of the molecule is [2H]C([2H])([2H])C(=O)NC(CCP(C)(=O)[O-])C(=O)[O-].[Na+].[Na+]. The molecule has 0 spiro atoms. The molecule has 0 rings (SSSR count). The minimum atomic E-state index is -3.68. The zero-order valence-corrected chi connectivity index (χ0v) is 14.4. The Balaban J connectivity index is -0.00000128. The van der Waals surface area contributed by atoms with E-state index >= 15 is 0 Å². The molecule has 0 aromatic heterocycles. The summed E-state index contributed by atoms with van der Waals surface area (Å²) in [5, 5.41) is 12.3. The van der Waals surface area contributed by atoms with Crippen LogP contribution in [0, 0.1) is 0 Å². The Morgan fingerprint density at radius 1 is 1.50 bits per heavy atom. The molecule has 0 saturated heterocycles. The van der Waals surface area contributed by atoms with Gasteiger partial charge in [-0.1, -0.05) is 0 Å². The Hall–Kier alpha value is 1.13. The average Bonchev–Trinajstić information content (AvgIpc) is 2.07. The fraction of sp³-hybridized carbons (Fsp3) is 0.714. The molecule has 0 radical (unpaired) electrons. The fourth-order valence-electron chi connectivity index (χ4n) is 0.771. The van der Waals surface area contributed by atoms with E-state index in [0.717, 1.165) is 6.66 Å². The molecule has 1 N–H and O–H groups in total. The third-order valence-electron chi connectivity index (χ3n) is 1.41. The number of nitrogens with one attached hydrogen (secondary N) is 1. The smallest absolute Gasteiger partial charge is 0.799 e. The first-order valence-corrected chi connectivity index (χ1v) is 5.98. The van der Waals surface area contributed by atoms with Gasteiger partial charge in [-0.25, -0.2) is 0 Å². The molecule has 0 heterocycles. The van der Waals surface area contributed by atoms with Gasteiger partial charge in [-0.05, 0) is 19.2 Å². The van der Waals surface area contributed by atoms with Crippen molar-refractivity contribution < 1.29 is 87.4 Å². The van der Waals surface area contributed by atoms with Crippen LogP contribution in [0.1, 0.15) is 17.4 Å². The van der Waals surface area contributed by atoms with E-state index in [9.17, 15) is 24.2 Å². The van der Waals surface area contributed by atoms with Crippen LogP contribution in [0.2, 0.25) is 0 Å². The number of carbonyl (C=O) groups excluding carboxylic acids is 2. The van der Waals surface area contributed by atoms with Gasteiger partial charge >= 0.3 is 59.1 Å². The molecule has 9 heteroatoms. The van der Waals surface area contributed by atoms with Crippen LogP contribution in [0.5, 0.6) is 0 Å². The number of rotatable bonds is 5. The predicted molar refractivity (Wildman–Crippen MR) is 45.6 cm³/mol. The van der Waals surface area contributed by atoms with Crippen LogP contribution in [0.25, 0.3) is 0 Å². The normalized spacial score (nSPS) is 18.2. The van der Waals surface area contributed by atoms with Gasteiger partial charge in [0.2, 0.25) is 5.91 Å². The summed E-state index contributed by atoms with van der Waals surface area (Å²) in [6.45, 7) is -2.06. The second kappa shape index (κ2) is 10.1. The molecular weight excluding hydrogens is 255 g/mol. The van der Waals surface area contributed by atoms with Gasteiger partial charge < -0.3 is 24.7 Å². The summed E-state index contributed by atoms with van der Waals surface area (Å²) in [5.74, 6) is -3.18. The number of carboxylic acid groups (broad SMARTS) is 1. The Morgan fingerprint density at radius 3 is 2.31 bits per heavy atom. The monoisotopic (exact) mass is 270 g/mol. The molecule has 82 valence electrons. The summed E-state index contributed by atoms with van der Waals surface area (Å²) in [5.41, 5.74) is 0. The summed E-state index contributed by atoms with van der Waals surface area (Å²) in [4.78, 5) is 32.4. The van der Waals surface area contributed by atoms with E-state index in [-0.39, 0.29) is 59.1 Å². The van der Waals surface area contributed by atoms with E-state index in [0.29, 0.717) is 0 Å². The van der Waals surface area contributed by atoms with Crippen molar-refractivity contribution in [2.24, 2.45) is 0 Å². The number of carboxylic acids is 1. The minimum Gasteiger partial charge on any atom is -0.799 e. The second-order valence-corrected chi connectivity index (χ2v) is 5.35. The van der Waals surface area contributed by atoms with Crippen LogP contribution in [0.3, 0.4) is 0 Å². The first kappa shape index (κ1) is 15.2. The third kappa shape index (κ3) is 13.2. The number of aliphatic carboxylic acids is 1. The second-order valence-electron chi connectivity index (χ2n) is 2.87. The van der Waals surface area contributed by atoms with Crippen LogP contribution >= 0.6 is 7.37 Å². The maximum atomic E-state index is 11.0. The number of hydrogen-bond acceptors (Lipinski definition) is 5. The topological polar surface area (TPSA) is 109 Å². The molecule has 2 unspecified atom stereocenters. The quantitative estimate of drug-likeness (QED) is 0.394. The van der Waals surface area contributed by atoms with Gasteiger partial charge in [-0.3, -0.25) is 4.79 Å². The molecule has 0 aliphatic heterocycles. The van der Waals surface area contributed by atoms with Gasteiger partial charge in [0.15, 0.2) is 0 Å². The largest absolute Gasteiger partial charge is 1.00 e. The Kier molecular flexibility index (Phi) is 9.58. The van der Waals surface area contributed by atoms with Crippen molar-refractivity contribution in [2.45, 2.75) is 19.3 Å². The molecule has 0 aromatic rings. The van der Waals surface area contributed by atoms with Gasteiger partial charge in [0.1, 0.15) is 0 Å². The van der Waals surface area contributed by atoms with E-state index in [1.54, 1.807) is 5.32 Å². The van der Waals surface area contributed by atoms with Crippen LogP contribution in [0.15, 0.2) is 0 Å². The summed E-state index contributed by atoms with van der Waals surface area (Å²) < 4.78 is 31.0. The molecule has 6 nitrogen and oxygen atoms in total. The van der Waals surface area contributed by atoms with Crippen LogP contribution in [0.4, 0.5) is 0 Å². The molecular formula is C7H12NNa2O5P. The zero-order valence-electron chi connectivity index (χ0n) is 12.5. The van der Waals surface area contributed by atoms with E-state index in [1.165, 1.54) is 0 Å². The molecule has 0 aliphatic rings. The molecule has 16 heavy (non-hydrogen) atoms. The van der Waals surface area contributed by atoms with Crippen molar-refractivity contribution in [3.05, 3.63) is 0 Å². The van der Waals surface area contributed by atoms with Crippen molar-refractivity contribution in [1.29, 1.82) is 0 Å². The van der Waals surface area contributed by atoms with E-state index in [1.807, 2.05) is 0 Å². The van der Waals surface area contributed by atoms with Gasteiger partial charge in [0, 0.05) is 18.3 Å². The van der Waals surface area contributed by atoms with Gasteiger partial charge in [-0.2, -0.15) is 0 Å². The summed E-state index contributed by atoms with van der Waals surface area (Å²) in [7, 11) is -3.68. The molecule has 1 amide bonds. The molecule has 0 saturated carbocycles. The molecule has 0 fully saturated rings. The molecule has 0 aromatic carbocycles. The van der Waals surface area contributed by atoms with Crippen LogP contribution < -0.4 is 74.4 Å². The van der Waals surface area contributed by atoms with E-state index < -0.39 is 44.7 Å². The van der Waals surface area contributed by atoms with Crippen molar-refractivity contribution in [2.75, 3.05) is 12.8 Å². The standard InChI is InChI=1S/C7H14NO5P.2Na/c1-5(9)8-6(7(10)11)3-4-14(2,12)13;;/h6H,3-4H2,1-2H3,(H,8,9)(H,10,11)(H,12,13);;/q;2*+1/p-2/i1D3;;. The summed E-state index contributed by atoms with van der Waals surface area (Å²) >= 11 is 0. The maximum absolute atomic E-state index is 11.0. The number of hydrogen-bond donors (Lipinski definition) is 1. The van der Waals surface area contributed by atoms with Crippen molar-refractivity contribution in [3.63, 3.8) is 0 Å².